The summed E-state index contributed by atoms with van der Waals surface area (Å²) < 4.78 is 5.48. The fourth-order valence-electron chi connectivity index (χ4n) is 4.96. The van der Waals surface area contributed by atoms with Crippen LogP contribution >= 0.6 is 0 Å². The fraction of sp³-hybridized carbons (Fsp3) is 0.867. The SMILES string of the molecule is CN(CC#N)C(=O)OCC12CC3CC(CC(C3)C1)C2. The Kier molecular flexibility index (Phi) is 3.16. The summed E-state index contributed by atoms with van der Waals surface area (Å²) in [5.74, 6) is 2.63. The van der Waals surface area contributed by atoms with E-state index in [1.54, 1.807) is 7.05 Å². The number of carbonyl (C=O) groups excluding carboxylic acids is 1. The van der Waals surface area contributed by atoms with E-state index in [1.807, 2.05) is 6.07 Å². The molecule has 1 amide bonds. The summed E-state index contributed by atoms with van der Waals surface area (Å²) in [4.78, 5) is 13.1. The van der Waals surface area contributed by atoms with E-state index in [4.69, 9.17) is 10.00 Å². The van der Waals surface area contributed by atoms with Crippen LogP contribution < -0.4 is 0 Å². The number of nitrogens with zero attached hydrogens (tertiary/aromatic N) is 2. The van der Waals surface area contributed by atoms with Crippen molar-refractivity contribution in [2.45, 2.75) is 38.5 Å². The summed E-state index contributed by atoms with van der Waals surface area (Å²) >= 11 is 0. The Morgan fingerprint density at radius 1 is 1.26 bits per heavy atom. The maximum atomic E-state index is 11.8. The Balaban J connectivity index is 1.58. The summed E-state index contributed by atoms with van der Waals surface area (Å²) in [6.07, 6.45) is 7.60. The third-order valence-corrected chi connectivity index (χ3v) is 5.29. The molecule has 0 saturated heterocycles. The van der Waals surface area contributed by atoms with E-state index < -0.39 is 0 Å². The second-order valence-electron chi connectivity index (χ2n) is 6.99. The normalized spacial score (nSPS) is 38.8. The topological polar surface area (TPSA) is 53.3 Å². The van der Waals surface area contributed by atoms with Crippen molar-refractivity contribution in [3.8, 4) is 6.07 Å². The van der Waals surface area contributed by atoms with Gasteiger partial charge in [0.05, 0.1) is 12.7 Å². The Hall–Kier alpha value is -1.24. The van der Waals surface area contributed by atoms with Crippen molar-refractivity contribution in [1.29, 1.82) is 5.26 Å². The van der Waals surface area contributed by atoms with E-state index in [0.29, 0.717) is 6.61 Å². The van der Waals surface area contributed by atoms with Crippen LogP contribution in [0, 0.1) is 34.5 Å². The molecule has 4 bridgehead atoms. The molecule has 4 nitrogen and oxygen atoms in total. The molecule has 4 aliphatic carbocycles. The van der Waals surface area contributed by atoms with Crippen molar-refractivity contribution in [1.82, 2.24) is 4.90 Å². The second-order valence-corrected chi connectivity index (χ2v) is 6.99. The van der Waals surface area contributed by atoms with Crippen molar-refractivity contribution in [2.75, 3.05) is 20.2 Å². The minimum absolute atomic E-state index is 0.0969. The Labute approximate surface area is 114 Å². The third-order valence-electron chi connectivity index (χ3n) is 5.29. The maximum Gasteiger partial charge on any atom is 0.410 e. The molecule has 0 aliphatic heterocycles. The second kappa shape index (κ2) is 4.70. The lowest BCUT2D eigenvalue weighted by atomic mass is 9.50. The molecule has 4 saturated carbocycles. The number of hydrogen-bond acceptors (Lipinski definition) is 3. The quantitative estimate of drug-likeness (QED) is 0.735. The number of hydrogen-bond donors (Lipinski definition) is 0. The van der Waals surface area contributed by atoms with Gasteiger partial charge in [0.2, 0.25) is 0 Å². The van der Waals surface area contributed by atoms with Gasteiger partial charge in [-0.1, -0.05) is 0 Å². The van der Waals surface area contributed by atoms with Gasteiger partial charge in [-0.2, -0.15) is 5.26 Å². The van der Waals surface area contributed by atoms with E-state index in [0.717, 1.165) is 17.8 Å². The van der Waals surface area contributed by atoms with Crippen molar-refractivity contribution in [3.05, 3.63) is 0 Å². The molecule has 0 atom stereocenters. The summed E-state index contributed by atoms with van der Waals surface area (Å²) in [5.41, 5.74) is 0.262. The van der Waals surface area contributed by atoms with E-state index in [9.17, 15) is 4.79 Å². The van der Waals surface area contributed by atoms with Crippen LogP contribution in [-0.4, -0.2) is 31.2 Å². The first-order valence-electron chi connectivity index (χ1n) is 7.35. The first-order valence-corrected chi connectivity index (χ1v) is 7.35. The molecule has 0 unspecified atom stereocenters. The van der Waals surface area contributed by atoms with Gasteiger partial charge < -0.3 is 4.74 Å². The lowest BCUT2D eigenvalue weighted by Gasteiger charge is -2.56. The molecule has 0 radical (unpaired) electrons. The molecule has 0 spiro atoms. The van der Waals surface area contributed by atoms with Crippen LogP contribution in [0.3, 0.4) is 0 Å². The van der Waals surface area contributed by atoms with Gasteiger partial charge in [-0.3, -0.25) is 4.90 Å². The highest BCUT2D eigenvalue weighted by molar-refractivity contribution is 5.67. The Bertz CT molecular complexity index is 378. The van der Waals surface area contributed by atoms with Crippen LogP contribution in [0.5, 0.6) is 0 Å². The summed E-state index contributed by atoms with van der Waals surface area (Å²) in [6.45, 7) is 0.658. The highest BCUT2D eigenvalue weighted by atomic mass is 16.6. The van der Waals surface area contributed by atoms with Crippen molar-refractivity contribution in [2.24, 2.45) is 23.2 Å². The molecule has 104 valence electrons. The zero-order valence-corrected chi connectivity index (χ0v) is 11.6. The highest BCUT2D eigenvalue weighted by Crippen LogP contribution is 2.60. The predicted molar refractivity (Wildman–Crippen MR) is 70.2 cm³/mol. The molecular formula is C15H22N2O2. The lowest BCUT2D eigenvalue weighted by Crippen LogP contribution is -2.48. The zero-order chi connectivity index (χ0) is 13.5. The molecule has 0 aromatic rings. The van der Waals surface area contributed by atoms with Gasteiger partial charge in [0.15, 0.2) is 0 Å². The molecule has 4 aliphatic rings. The summed E-state index contributed by atoms with van der Waals surface area (Å²) in [7, 11) is 1.62. The Morgan fingerprint density at radius 3 is 2.26 bits per heavy atom. The van der Waals surface area contributed by atoms with E-state index in [-0.39, 0.29) is 18.1 Å². The van der Waals surface area contributed by atoms with Gasteiger partial charge >= 0.3 is 6.09 Å². The van der Waals surface area contributed by atoms with Gasteiger partial charge in [-0.15, -0.1) is 0 Å². The smallest absolute Gasteiger partial charge is 0.410 e. The monoisotopic (exact) mass is 262 g/mol. The van der Waals surface area contributed by atoms with Crippen LogP contribution in [0.4, 0.5) is 4.79 Å². The average molecular weight is 262 g/mol. The molecule has 4 heteroatoms. The van der Waals surface area contributed by atoms with Crippen LogP contribution in [-0.2, 0) is 4.74 Å². The lowest BCUT2D eigenvalue weighted by molar-refractivity contribution is -0.0843. The van der Waals surface area contributed by atoms with Crippen molar-refractivity contribution >= 4 is 6.09 Å². The van der Waals surface area contributed by atoms with Gasteiger partial charge in [0, 0.05) is 12.5 Å². The predicted octanol–water partition coefficient (Wildman–Crippen LogP) is 2.79. The van der Waals surface area contributed by atoms with E-state index >= 15 is 0 Å². The van der Waals surface area contributed by atoms with Crippen molar-refractivity contribution in [3.63, 3.8) is 0 Å². The van der Waals surface area contributed by atoms with Gasteiger partial charge in [0.1, 0.15) is 6.54 Å². The van der Waals surface area contributed by atoms with Crippen LogP contribution in [0.25, 0.3) is 0 Å². The third kappa shape index (κ3) is 2.43. The number of ether oxygens (including phenoxy) is 1. The molecule has 0 heterocycles. The average Bonchev–Trinajstić information content (AvgIpc) is 2.34. The summed E-state index contributed by atoms with van der Waals surface area (Å²) in [5, 5.41) is 8.58. The minimum atomic E-state index is -0.350. The van der Waals surface area contributed by atoms with E-state index in [2.05, 4.69) is 0 Å². The molecule has 0 aromatic heterocycles. The highest BCUT2D eigenvalue weighted by Gasteiger charge is 2.51. The summed E-state index contributed by atoms with van der Waals surface area (Å²) in [6, 6.07) is 1.97. The first kappa shape index (κ1) is 12.8. The number of rotatable bonds is 3. The van der Waals surface area contributed by atoms with Crippen LogP contribution in [0.2, 0.25) is 0 Å². The number of carbonyl (C=O) groups is 1. The zero-order valence-electron chi connectivity index (χ0n) is 11.6. The number of nitriles is 1. The first-order chi connectivity index (χ1) is 9.10. The van der Waals surface area contributed by atoms with Gasteiger partial charge in [0.25, 0.3) is 0 Å². The molecule has 4 fully saturated rings. The molecule has 4 rings (SSSR count). The maximum absolute atomic E-state index is 11.8. The molecular weight excluding hydrogens is 240 g/mol. The van der Waals surface area contributed by atoms with Gasteiger partial charge in [-0.25, -0.2) is 4.79 Å². The standard InChI is InChI=1S/C15H22N2O2/c1-17(3-2-16)14(18)19-10-15-7-11-4-12(8-15)6-13(5-11)9-15/h11-13H,3-10H2,1H3. The molecule has 19 heavy (non-hydrogen) atoms. The largest absolute Gasteiger partial charge is 0.449 e. The molecule has 0 N–H and O–H groups in total. The van der Waals surface area contributed by atoms with Crippen LogP contribution in [0.15, 0.2) is 0 Å². The van der Waals surface area contributed by atoms with Crippen LogP contribution in [0.1, 0.15) is 38.5 Å². The minimum Gasteiger partial charge on any atom is -0.449 e. The van der Waals surface area contributed by atoms with E-state index in [1.165, 1.54) is 43.4 Å². The van der Waals surface area contributed by atoms with Gasteiger partial charge in [-0.05, 0) is 56.3 Å². The Morgan fingerprint density at radius 2 is 1.79 bits per heavy atom. The van der Waals surface area contributed by atoms with Crippen molar-refractivity contribution < 1.29 is 9.53 Å². The number of amides is 1. The molecule has 0 aromatic carbocycles. The fourth-order valence-corrected chi connectivity index (χ4v) is 4.96.